The number of hydrogen-bond donors (Lipinski definition) is 0. The Labute approximate surface area is 148 Å². The fourth-order valence-corrected chi connectivity index (χ4v) is 3.47. The highest BCUT2D eigenvalue weighted by atomic mass is 16.2. The number of hydrogen-bond acceptors (Lipinski definition) is 3. The molecule has 0 unspecified atom stereocenters. The molecule has 6 heteroatoms. The van der Waals surface area contributed by atoms with Crippen LogP contribution >= 0.6 is 0 Å². The zero-order chi connectivity index (χ0) is 17.8. The van der Waals surface area contributed by atoms with Crippen molar-refractivity contribution in [3.63, 3.8) is 0 Å². The summed E-state index contributed by atoms with van der Waals surface area (Å²) < 4.78 is 3.67. The summed E-state index contributed by atoms with van der Waals surface area (Å²) in [6.07, 6.45) is 6.35. The molecule has 6 nitrogen and oxygen atoms in total. The van der Waals surface area contributed by atoms with Gasteiger partial charge in [0.2, 0.25) is 5.91 Å². The summed E-state index contributed by atoms with van der Waals surface area (Å²) >= 11 is 0. The molecular weight excluding hydrogens is 316 g/mol. The number of carbonyl (C=O) groups excluding carboxylic acids is 1. The first kappa shape index (κ1) is 17.5. The van der Waals surface area contributed by atoms with E-state index in [9.17, 15) is 9.59 Å². The number of rotatable bonds is 5. The van der Waals surface area contributed by atoms with Gasteiger partial charge in [0, 0.05) is 50.6 Å². The molecule has 0 bridgehead atoms. The van der Waals surface area contributed by atoms with Gasteiger partial charge in [0.05, 0.1) is 6.20 Å². The molecule has 3 heterocycles. The molecule has 0 aromatic carbocycles. The van der Waals surface area contributed by atoms with E-state index in [4.69, 9.17) is 0 Å². The summed E-state index contributed by atoms with van der Waals surface area (Å²) in [6, 6.07) is 5.19. The van der Waals surface area contributed by atoms with E-state index in [0.29, 0.717) is 18.9 Å². The van der Waals surface area contributed by atoms with Gasteiger partial charge in [0.25, 0.3) is 5.56 Å². The predicted octanol–water partition coefficient (Wildman–Crippen LogP) is 1.99. The number of aryl methyl sites for hydroxylation is 2. The van der Waals surface area contributed by atoms with Crippen LogP contribution in [0.4, 0.5) is 0 Å². The fraction of sp³-hybridized carbons (Fsp3) is 0.526. The highest BCUT2D eigenvalue weighted by Gasteiger charge is 2.23. The number of pyridine rings is 1. The first-order valence-electron chi connectivity index (χ1n) is 8.96. The van der Waals surface area contributed by atoms with Crippen LogP contribution < -0.4 is 5.56 Å². The van der Waals surface area contributed by atoms with Gasteiger partial charge >= 0.3 is 0 Å². The molecule has 2 aromatic heterocycles. The molecule has 0 N–H and O–H groups in total. The van der Waals surface area contributed by atoms with Crippen molar-refractivity contribution in [2.24, 2.45) is 5.92 Å². The molecule has 0 aliphatic carbocycles. The van der Waals surface area contributed by atoms with E-state index < -0.39 is 0 Å². The summed E-state index contributed by atoms with van der Waals surface area (Å²) in [6.45, 7) is 6.92. The maximum absolute atomic E-state index is 12.5. The number of likely N-dealkylation sites (tertiary alicyclic amines) is 1. The Morgan fingerprint density at radius 1 is 1.24 bits per heavy atom. The molecular formula is C19H26N4O2. The van der Waals surface area contributed by atoms with Crippen LogP contribution in [0.3, 0.4) is 0 Å². The Morgan fingerprint density at radius 3 is 2.64 bits per heavy atom. The first-order chi connectivity index (χ1) is 12.0. The third kappa shape index (κ3) is 4.38. The van der Waals surface area contributed by atoms with Crippen LogP contribution in [0.15, 0.2) is 35.4 Å². The van der Waals surface area contributed by atoms with E-state index in [2.05, 4.69) is 11.3 Å². The van der Waals surface area contributed by atoms with Crippen LogP contribution in [-0.2, 0) is 17.9 Å². The minimum atomic E-state index is -0.0407. The van der Waals surface area contributed by atoms with Crippen molar-refractivity contribution in [2.45, 2.75) is 46.2 Å². The lowest BCUT2D eigenvalue weighted by Gasteiger charge is -2.32. The third-order valence-corrected chi connectivity index (χ3v) is 4.99. The maximum atomic E-state index is 12.5. The van der Waals surface area contributed by atoms with Gasteiger partial charge in [-0.05, 0) is 44.2 Å². The lowest BCUT2D eigenvalue weighted by molar-refractivity contribution is -0.132. The number of carbonyl (C=O) groups is 1. The summed E-state index contributed by atoms with van der Waals surface area (Å²) in [5, 5.41) is 4.35. The average Bonchev–Trinajstić information content (AvgIpc) is 3.00. The Hall–Kier alpha value is -2.37. The number of aromatic nitrogens is 3. The van der Waals surface area contributed by atoms with Gasteiger partial charge in [-0.15, -0.1) is 0 Å². The first-order valence-corrected chi connectivity index (χ1v) is 8.96. The second-order valence-corrected chi connectivity index (χ2v) is 6.97. The summed E-state index contributed by atoms with van der Waals surface area (Å²) in [5.41, 5.74) is 2.04. The molecule has 1 saturated heterocycles. The molecule has 25 heavy (non-hydrogen) atoms. The van der Waals surface area contributed by atoms with Crippen LogP contribution in [0.25, 0.3) is 0 Å². The Bertz CT molecular complexity index is 785. The SMILES string of the molecule is Cc1cnn(CC2CCN(C(=O)CCn3c(C)cccc3=O)CC2)c1. The predicted molar refractivity (Wildman–Crippen MR) is 96.3 cm³/mol. The maximum Gasteiger partial charge on any atom is 0.250 e. The second kappa shape index (κ2) is 7.68. The Kier molecular flexibility index (Phi) is 5.36. The standard InChI is InChI=1S/C19H26N4O2/c1-15-12-20-22(13-15)14-17-6-9-21(10-7-17)18(24)8-11-23-16(2)4-3-5-19(23)25/h3-5,12-13,17H,6-11,14H2,1-2H3. The Morgan fingerprint density at radius 2 is 2.00 bits per heavy atom. The molecule has 0 radical (unpaired) electrons. The van der Waals surface area contributed by atoms with Crippen LogP contribution in [-0.4, -0.2) is 38.2 Å². The fourth-order valence-electron chi connectivity index (χ4n) is 3.47. The smallest absolute Gasteiger partial charge is 0.250 e. The van der Waals surface area contributed by atoms with Crippen molar-refractivity contribution in [1.29, 1.82) is 0 Å². The van der Waals surface area contributed by atoms with Crippen LogP contribution in [0.5, 0.6) is 0 Å². The third-order valence-electron chi connectivity index (χ3n) is 4.99. The molecule has 0 spiro atoms. The van der Waals surface area contributed by atoms with Crippen LogP contribution in [0, 0.1) is 19.8 Å². The zero-order valence-electron chi connectivity index (χ0n) is 15.0. The van der Waals surface area contributed by atoms with Crippen molar-refractivity contribution >= 4 is 5.91 Å². The molecule has 1 aliphatic rings. The van der Waals surface area contributed by atoms with E-state index in [0.717, 1.165) is 38.2 Å². The van der Waals surface area contributed by atoms with Gasteiger partial charge in [-0.1, -0.05) is 6.07 Å². The zero-order valence-corrected chi connectivity index (χ0v) is 15.0. The molecule has 3 rings (SSSR count). The van der Waals surface area contributed by atoms with Gasteiger partial charge < -0.3 is 9.47 Å². The van der Waals surface area contributed by atoms with Crippen molar-refractivity contribution in [2.75, 3.05) is 13.1 Å². The van der Waals surface area contributed by atoms with Gasteiger partial charge in [-0.25, -0.2) is 0 Å². The normalized spacial score (nSPS) is 15.5. The highest BCUT2D eigenvalue weighted by molar-refractivity contribution is 5.76. The summed E-state index contributed by atoms with van der Waals surface area (Å²) in [4.78, 5) is 26.3. The molecule has 1 aliphatic heterocycles. The Balaban J connectivity index is 1.47. The molecule has 1 fully saturated rings. The van der Waals surface area contributed by atoms with Gasteiger partial charge in [0.15, 0.2) is 0 Å². The van der Waals surface area contributed by atoms with Gasteiger partial charge in [-0.2, -0.15) is 5.10 Å². The van der Waals surface area contributed by atoms with Crippen molar-refractivity contribution in [1.82, 2.24) is 19.2 Å². The number of piperidine rings is 1. The van der Waals surface area contributed by atoms with Crippen LogP contribution in [0.2, 0.25) is 0 Å². The molecule has 2 aromatic rings. The topological polar surface area (TPSA) is 60.1 Å². The van der Waals surface area contributed by atoms with Crippen molar-refractivity contribution < 1.29 is 4.79 Å². The van der Waals surface area contributed by atoms with E-state index in [1.807, 2.05) is 35.7 Å². The highest BCUT2D eigenvalue weighted by Crippen LogP contribution is 2.19. The number of amides is 1. The summed E-state index contributed by atoms with van der Waals surface area (Å²) in [7, 11) is 0. The number of nitrogens with zero attached hydrogens (tertiary/aromatic N) is 4. The lowest BCUT2D eigenvalue weighted by Crippen LogP contribution is -2.40. The monoisotopic (exact) mass is 342 g/mol. The van der Waals surface area contributed by atoms with E-state index >= 15 is 0 Å². The largest absolute Gasteiger partial charge is 0.343 e. The second-order valence-electron chi connectivity index (χ2n) is 6.97. The van der Waals surface area contributed by atoms with E-state index in [1.54, 1.807) is 16.7 Å². The van der Waals surface area contributed by atoms with Crippen molar-refractivity contribution in [3.05, 3.63) is 52.2 Å². The van der Waals surface area contributed by atoms with Crippen LogP contribution in [0.1, 0.15) is 30.5 Å². The van der Waals surface area contributed by atoms with Gasteiger partial charge in [0.1, 0.15) is 0 Å². The summed E-state index contributed by atoms with van der Waals surface area (Å²) in [5.74, 6) is 0.714. The lowest BCUT2D eigenvalue weighted by atomic mass is 9.96. The molecule has 134 valence electrons. The average molecular weight is 342 g/mol. The minimum Gasteiger partial charge on any atom is -0.343 e. The van der Waals surface area contributed by atoms with Crippen molar-refractivity contribution in [3.8, 4) is 0 Å². The molecule has 0 saturated carbocycles. The van der Waals surface area contributed by atoms with E-state index in [-0.39, 0.29) is 11.5 Å². The quantitative estimate of drug-likeness (QED) is 0.835. The van der Waals surface area contributed by atoms with E-state index in [1.165, 1.54) is 5.56 Å². The molecule has 1 amide bonds. The minimum absolute atomic E-state index is 0.0407. The molecule has 0 atom stereocenters. The van der Waals surface area contributed by atoms with Gasteiger partial charge in [-0.3, -0.25) is 14.3 Å².